The third-order valence-electron chi connectivity index (χ3n) is 3.06. The minimum Gasteiger partial charge on any atom is -0.383 e. The number of rotatable bonds is 7. The van der Waals surface area contributed by atoms with Crippen molar-refractivity contribution in [2.45, 2.75) is 13.1 Å². The lowest BCUT2D eigenvalue weighted by Gasteiger charge is -2.21. The Morgan fingerprint density at radius 1 is 1.20 bits per heavy atom. The zero-order valence-corrected chi connectivity index (χ0v) is 12.4. The predicted molar refractivity (Wildman–Crippen MR) is 81.5 cm³/mol. The molecule has 3 nitrogen and oxygen atoms in total. The maximum atomic E-state index is 8.82. The van der Waals surface area contributed by atoms with Gasteiger partial charge < -0.3 is 4.74 Å². The maximum absolute atomic E-state index is 8.82. The summed E-state index contributed by atoms with van der Waals surface area (Å²) in [5.41, 5.74) is 1.92. The summed E-state index contributed by atoms with van der Waals surface area (Å²) in [5, 5.41) is 10.9. The van der Waals surface area contributed by atoms with Gasteiger partial charge in [0.1, 0.15) is 0 Å². The lowest BCUT2D eigenvalue weighted by molar-refractivity contribution is 0.140. The van der Waals surface area contributed by atoms with Crippen molar-refractivity contribution >= 4 is 11.3 Å². The summed E-state index contributed by atoms with van der Waals surface area (Å²) in [5.74, 6) is 0. The number of ether oxygens (including phenoxy) is 1. The fraction of sp³-hybridized carbons (Fsp3) is 0.312. The maximum Gasteiger partial charge on any atom is 0.0991 e. The number of methoxy groups -OCH3 is 1. The van der Waals surface area contributed by atoms with E-state index in [-0.39, 0.29) is 0 Å². The Labute approximate surface area is 124 Å². The van der Waals surface area contributed by atoms with Crippen LogP contribution in [0.5, 0.6) is 0 Å². The Morgan fingerprint density at radius 3 is 2.60 bits per heavy atom. The van der Waals surface area contributed by atoms with Crippen LogP contribution in [0.2, 0.25) is 0 Å². The molecule has 0 atom stereocenters. The number of hydrogen-bond donors (Lipinski definition) is 0. The van der Waals surface area contributed by atoms with Gasteiger partial charge in [0.2, 0.25) is 0 Å². The molecule has 0 amide bonds. The Morgan fingerprint density at radius 2 is 2.00 bits per heavy atom. The Balaban J connectivity index is 2.00. The van der Waals surface area contributed by atoms with Crippen LogP contribution in [0.25, 0.3) is 0 Å². The van der Waals surface area contributed by atoms with Gasteiger partial charge in [-0.2, -0.15) is 5.26 Å². The van der Waals surface area contributed by atoms with Crippen LogP contribution in [-0.2, 0) is 17.8 Å². The van der Waals surface area contributed by atoms with E-state index in [4.69, 9.17) is 10.00 Å². The van der Waals surface area contributed by atoms with Crippen molar-refractivity contribution < 1.29 is 4.74 Å². The molecule has 0 bridgehead atoms. The largest absolute Gasteiger partial charge is 0.383 e. The van der Waals surface area contributed by atoms with Crippen LogP contribution < -0.4 is 0 Å². The number of thiophene rings is 1. The molecule has 0 radical (unpaired) electrons. The van der Waals surface area contributed by atoms with Crippen molar-refractivity contribution in [1.29, 1.82) is 5.26 Å². The van der Waals surface area contributed by atoms with Crippen LogP contribution in [-0.4, -0.2) is 25.2 Å². The van der Waals surface area contributed by atoms with Gasteiger partial charge in [0.15, 0.2) is 0 Å². The van der Waals surface area contributed by atoms with Gasteiger partial charge in [0, 0.05) is 31.6 Å². The molecule has 0 spiro atoms. The molecule has 4 heteroatoms. The highest BCUT2D eigenvalue weighted by molar-refractivity contribution is 7.09. The van der Waals surface area contributed by atoms with E-state index >= 15 is 0 Å². The summed E-state index contributed by atoms with van der Waals surface area (Å²) in [7, 11) is 1.73. The third-order valence-corrected chi connectivity index (χ3v) is 3.92. The molecule has 1 heterocycles. The molecule has 0 aliphatic carbocycles. The fourth-order valence-electron chi connectivity index (χ4n) is 2.00. The van der Waals surface area contributed by atoms with E-state index in [9.17, 15) is 0 Å². The first-order chi connectivity index (χ1) is 9.81. The fourth-order valence-corrected chi connectivity index (χ4v) is 2.75. The average molecular weight is 286 g/mol. The minimum atomic E-state index is 0.704. The van der Waals surface area contributed by atoms with Gasteiger partial charge >= 0.3 is 0 Å². The molecule has 1 aromatic carbocycles. The van der Waals surface area contributed by atoms with Gasteiger partial charge in [-0.25, -0.2) is 0 Å². The van der Waals surface area contributed by atoms with E-state index < -0.39 is 0 Å². The average Bonchev–Trinajstić information content (AvgIpc) is 2.98. The molecule has 0 saturated heterocycles. The van der Waals surface area contributed by atoms with Crippen molar-refractivity contribution in [2.75, 3.05) is 20.3 Å². The summed E-state index contributed by atoms with van der Waals surface area (Å²) in [6.45, 7) is 3.42. The molecule has 0 aliphatic rings. The molecule has 0 unspecified atom stereocenters. The molecular weight excluding hydrogens is 268 g/mol. The number of benzene rings is 1. The Hall–Kier alpha value is -1.67. The molecule has 0 N–H and O–H groups in total. The first-order valence-electron chi connectivity index (χ1n) is 6.54. The molecule has 0 aliphatic heterocycles. The number of hydrogen-bond acceptors (Lipinski definition) is 4. The topological polar surface area (TPSA) is 36.3 Å². The van der Waals surface area contributed by atoms with Crippen LogP contribution >= 0.6 is 11.3 Å². The summed E-state index contributed by atoms with van der Waals surface area (Å²) in [6.07, 6.45) is 0. The molecular formula is C16H18N2OS. The van der Waals surface area contributed by atoms with Gasteiger partial charge in [-0.3, -0.25) is 4.90 Å². The second-order valence-electron chi connectivity index (χ2n) is 4.59. The molecule has 2 aromatic rings. The monoisotopic (exact) mass is 286 g/mol. The Bertz CT molecular complexity index is 543. The SMILES string of the molecule is COCCN(Cc1ccc(C#N)cc1)Cc1cccs1. The van der Waals surface area contributed by atoms with E-state index in [1.807, 2.05) is 24.3 Å². The molecule has 2 rings (SSSR count). The van der Waals surface area contributed by atoms with Crippen molar-refractivity contribution in [3.63, 3.8) is 0 Å². The molecule has 0 saturated carbocycles. The summed E-state index contributed by atoms with van der Waals surface area (Å²) < 4.78 is 5.18. The van der Waals surface area contributed by atoms with Gasteiger partial charge in [-0.1, -0.05) is 18.2 Å². The molecule has 0 fully saturated rings. The highest BCUT2D eigenvalue weighted by Gasteiger charge is 2.08. The lowest BCUT2D eigenvalue weighted by atomic mass is 10.1. The lowest BCUT2D eigenvalue weighted by Crippen LogP contribution is -2.26. The van der Waals surface area contributed by atoms with Crippen molar-refractivity contribution in [2.24, 2.45) is 0 Å². The quantitative estimate of drug-likeness (QED) is 0.784. The zero-order valence-electron chi connectivity index (χ0n) is 11.6. The van der Waals surface area contributed by atoms with Gasteiger partial charge in [-0.15, -0.1) is 11.3 Å². The van der Waals surface area contributed by atoms with E-state index in [1.165, 1.54) is 10.4 Å². The number of nitrogens with zero attached hydrogens (tertiary/aromatic N) is 2. The number of nitriles is 1. The first-order valence-corrected chi connectivity index (χ1v) is 7.42. The zero-order chi connectivity index (χ0) is 14.2. The second-order valence-corrected chi connectivity index (χ2v) is 5.62. The molecule has 1 aromatic heterocycles. The van der Waals surface area contributed by atoms with Crippen LogP contribution in [0.1, 0.15) is 16.0 Å². The van der Waals surface area contributed by atoms with Gasteiger partial charge in [0.05, 0.1) is 18.2 Å². The van der Waals surface area contributed by atoms with Crippen molar-refractivity contribution in [3.8, 4) is 6.07 Å². The van der Waals surface area contributed by atoms with Gasteiger partial charge in [0.25, 0.3) is 0 Å². The third kappa shape index (κ3) is 4.46. The summed E-state index contributed by atoms with van der Waals surface area (Å²) >= 11 is 1.78. The summed E-state index contributed by atoms with van der Waals surface area (Å²) in [4.78, 5) is 3.71. The van der Waals surface area contributed by atoms with Crippen LogP contribution in [0.3, 0.4) is 0 Å². The molecule has 20 heavy (non-hydrogen) atoms. The predicted octanol–water partition coefficient (Wildman–Crippen LogP) is 3.27. The van der Waals surface area contributed by atoms with Crippen molar-refractivity contribution in [1.82, 2.24) is 4.90 Å². The Kier molecular flexibility index (Phi) is 5.75. The molecule has 104 valence electrons. The van der Waals surface area contributed by atoms with Gasteiger partial charge in [-0.05, 0) is 29.1 Å². The van der Waals surface area contributed by atoms with E-state index in [2.05, 4.69) is 28.5 Å². The van der Waals surface area contributed by atoms with Crippen molar-refractivity contribution in [3.05, 3.63) is 57.8 Å². The standard InChI is InChI=1S/C16H18N2OS/c1-19-9-8-18(13-16-3-2-10-20-16)12-15-6-4-14(11-17)5-7-15/h2-7,10H,8-9,12-13H2,1H3. The first kappa shape index (κ1) is 14.7. The smallest absolute Gasteiger partial charge is 0.0991 e. The second kappa shape index (κ2) is 7.81. The summed E-state index contributed by atoms with van der Waals surface area (Å²) in [6, 6.07) is 14.2. The van der Waals surface area contributed by atoms with E-state index in [1.54, 1.807) is 18.4 Å². The minimum absolute atomic E-state index is 0.704. The van der Waals surface area contributed by atoms with E-state index in [0.717, 1.165) is 26.2 Å². The highest BCUT2D eigenvalue weighted by Crippen LogP contribution is 2.14. The normalized spacial score (nSPS) is 10.7. The van der Waals surface area contributed by atoms with Crippen LogP contribution in [0.4, 0.5) is 0 Å². The van der Waals surface area contributed by atoms with E-state index in [0.29, 0.717) is 5.56 Å². The van der Waals surface area contributed by atoms with Crippen LogP contribution in [0, 0.1) is 11.3 Å². The van der Waals surface area contributed by atoms with Crippen LogP contribution in [0.15, 0.2) is 41.8 Å². The highest BCUT2D eigenvalue weighted by atomic mass is 32.1.